The van der Waals surface area contributed by atoms with Crippen LogP contribution in [0, 0.1) is 11.8 Å². The molecular weight excluding hydrogens is 306 g/mol. The summed E-state index contributed by atoms with van der Waals surface area (Å²) in [5.41, 5.74) is 1.11. The Labute approximate surface area is 142 Å². The van der Waals surface area contributed by atoms with Crippen LogP contribution in [0.5, 0.6) is 5.88 Å². The molecule has 0 saturated carbocycles. The Bertz CT molecular complexity index is 658. The van der Waals surface area contributed by atoms with Gasteiger partial charge in [-0.15, -0.1) is 0 Å². The molecule has 1 fully saturated rings. The predicted octanol–water partition coefficient (Wildman–Crippen LogP) is 2.43. The van der Waals surface area contributed by atoms with Gasteiger partial charge in [0.1, 0.15) is 11.9 Å². The van der Waals surface area contributed by atoms with Gasteiger partial charge >= 0.3 is 0 Å². The number of hydrogen-bond donors (Lipinski definition) is 1. The van der Waals surface area contributed by atoms with Gasteiger partial charge in [-0.25, -0.2) is 0 Å². The summed E-state index contributed by atoms with van der Waals surface area (Å²) in [6.45, 7) is 6.39. The Balaban J connectivity index is 1.59. The summed E-state index contributed by atoms with van der Waals surface area (Å²) in [4.78, 5) is 8.65. The molecule has 7 heteroatoms. The fourth-order valence-corrected chi connectivity index (χ4v) is 2.82. The van der Waals surface area contributed by atoms with E-state index in [1.165, 1.54) is 0 Å². The largest absolute Gasteiger partial charge is 0.476 e. The van der Waals surface area contributed by atoms with E-state index in [-0.39, 0.29) is 6.10 Å². The molecule has 0 amide bonds. The van der Waals surface area contributed by atoms with Crippen LogP contribution in [0.15, 0.2) is 24.7 Å². The molecule has 0 bridgehead atoms. The minimum absolute atomic E-state index is 0.0679. The van der Waals surface area contributed by atoms with E-state index >= 15 is 0 Å². The van der Waals surface area contributed by atoms with Gasteiger partial charge in [0.2, 0.25) is 5.88 Å². The van der Waals surface area contributed by atoms with Crippen LogP contribution >= 0.6 is 0 Å². The third-order valence-electron chi connectivity index (χ3n) is 4.09. The molecule has 2 aromatic rings. The maximum atomic E-state index is 5.91. The molecule has 3 heterocycles. The average molecular weight is 331 g/mol. The van der Waals surface area contributed by atoms with Crippen molar-refractivity contribution < 1.29 is 9.47 Å². The molecule has 0 unspecified atom stereocenters. The minimum Gasteiger partial charge on any atom is -0.476 e. The molecule has 0 aromatic carbocycles. The first-order chi connectivity index (χ1) is 11.6. The van der Waals surface area contributed by atoms with Crippen LogP contribution in [0.2, 0.25) is 0 Å². The first-order valence-electron chi connectivity index (χ1n) is 8.41. The van der Waals surface area contributed by atoms with Gasteiger partial charge in [0.25, 0.3) is 0 Å². The molecule has 130 valence electrons. The lowest BCUT2D eigenvalue weighted by molar-refractivity contribution is 0.0866. The van der Waals surface area contributed by atoms with Crippen LogP contribution < -0.4 is 10.1 Å². The van der Waals surface area contributed by atoms with E-state index in [0.29, 0.717) is 24.3 Å². The summed E-state index contributed by atoms with van der Waals surface area (Å²) >= 11 is 0. The Kier molecular flexibility index (Phi) is 5.30. The van der Waals surface area contributed by atoms with Crippen molar-refractivity contribution in [3.05, 3.63) is 30.4 Å². The number of rotatable bonds is 7. The summed E-state index contributed by atoms with van der Waals surface area (Å²) in [5, 5.41) is 7.60. The number of ether oxygens (including phenoxy) is 2. The zero-order chi connectivity index (χ0) is 16.9. The molecule has 1 saturated heterocycles. The van der Waals surface area contributed by atoms with E-state index in [2.05, 4.69) is 34.2 Å². The van der Waals surface area contributed by atoms with Crippen LogP contribution in [0.4, 0.5) is 5.82 Å². The molecule has 7 nitrogen and oxygen atoms in total. The Morgan fingerprint density at radius 1 is 1.42 bits per heavy atom. The predicted molar refractivity (Wildman–Crippen MR) is 90.9 cm³/mol. The second-order valence-electron chi connectivity index (χ2n) is 6.55. The van der Waals surface area contributed by atoms with Crippen LogP contribution in [-0.4, -0.2) is 39.5 Å². The average Bonchev–Trinajstić information content (AvgIpc) is 3.19. The molecule has 2 atom stereocenters. The highest BCUT2D eigenvalue weighted by Crippen LogP contribution is 2.34. The first kappa shape index (κ1) is 16.7. The number of nitrogens with one attached hydrogen (secondary N) is 1. The Morgan fingerprint density at radius 3 is 3.04 bits per heavy atom. The standard InChI is InChI=1S/C17H25N5O2/c1-12(2)11-24-16-10-18-9-15(21-16)19-8-13-5-7-23-17(13)14-4-6-20-22(14)3/h4,6,9-10,12-13,17H,5,7-8,11H2,1-3H3,(H,19,21)/t13-,17+/m0/s1. The highest BCUT2D eigenvalue weighted by Gasteiger charge is 2.31. The number of hydrogen-bond acceptors (Lipinski definition) is 6. The molecule has 0 radical (unpaired) electrons. The summed E-state index contributed by atoms with van der Waals surface area (Å²) in [6, 6.07) is 2.02. The molecule has 1 aliphatic heterocycles. The molecule has 24 heavy (non-hydrogen) atoms. The van der Waals surface area contributed by atoms with E-state index in [4.69, 9.17) is 9.47 Å². The molecule has 3 rings (SSSR count). The van der Waals surface area contributed by atoms with E-state index in [1.807, 2.05) is 24.0 Å². The SMILES string of the molecule is CC(C)COc1cncc(NC[C@@H]2CCO[C@H]2c2ccnn2C)n1. The van der Waals surface area contributed by atoms with Gasteiger partial charge in [0.05, 0.1) is 24.7 Å². The highest BCUT2D eigenvalue weighted by molar-refractivity contribution is 5.33. The maximum Gasteiger partial charge on any atom is 0.234 e. The van der Waals surface area contributed by atoms with Crippen molar-refractivity contribution in [2.24, 2.45) is 18.9 Å². The smallest absolute Gasteiger partial charge is 0.234 e. The number of nitrogens with zero attached hydrogens (tertiary/aromatic N) is 4. The van der Waals surface area contributed by atoms with E-state index in [0.717, 1.165) is 31.1 Å². The van der Waals surface area contributed by atoms with Gasteiger partial charge in [-0.3, -0.25) is 9.67 Å². The van der Waals surface area contributed by atoms with Crippen molar-refractivity contribution in [1.82, 2.24) is 19.7 Å². The maximum absolute atomic E-state index is 5.91. The van der Waals surface area contributed by atoms with Crippen molar-refractivity contribution in [3.8, 4) is 5.88 Å². The highest BCUT2D eigenvalue weighted by atomic mass is 16.5. The molecule has 1 N–H and O–H groups in total. The van der Waals surface area contributed by atoms with Gasteiger partial charge < -0.3 is 14.8 Å². The molecule has 0 spiro atoms. The number of aromatic nitrogens is 4. The van der Waals surface area contributed by atoms with Crippen LogP contribution in [-0.2, 0) is 11.8 Å². The lowest BCUT2D eigenvalue weighted by Crippen LogP contribution is -2.20. The van der Waals surface area contributed by atoms with E-state index in [1.54, 1.807) is 12.4 Å². The fourth-order valence-electron chi connectivity index (χ4n) is 2.82. The van der Waals surface area contributed by atoms with Gasteiger partial charge in [-0.2, -0.15) is 10.1 Å². The number of anilines is 1. The first-order valence-corrected chi connectivity index (χ1v) is 8.41. The minimum atomic E-state index is 0.0679. The normalized spacial score (nSPS) is 20.5. The Hall–Kier alpha value is -2.15. The van der Waals surface area contributed by atoms with E-state index < -0.39 is 0 Å². The molecular formula is C17H25N5O2. The van der Waals surface area contributed by atoms with Gasteiger partial charge in [0, 0.05) is 32.3 Å². The zero-order valence-electron chi connectivity index (χ0n) is 14.5. The van der Waals surface area contributed by atoms with Crippen LogP contribution in [0.25, 0.3) is 0 Å². The second-order valence-corrected chi connectivity index (χ2v) is 6.55. The zero-order valence-corrected chi connectivity index (χ0v) is 14.5. The van der Waals surface area contributed by atoms with Crippen LogP contribution in [0.1, 0.15) is 32.1 Å². The Morgan fingerprint density at radius 2 is 2.29 bits per heavy atom. The van der Waals surface area contributed by atoms with Crippen molar-refractivity contribution in [1.29, 1.82) is 0 Å². The van der Waals surface area contributed by atoms with Crippen molar-refractivity contribution in [2.45, 2.75) is 26.4 Å². The summed E-state index contributed by atoms with van der Waals surface area (Å²) in [5.74, 6) is 2.12. The topological polar surface area (TPSA) is 74.1 Å². The third-order valence-corrected chi connectivity index (χ3v) is 4.09. The second kappa shape index (κ2) is 7.61. The summed E-state index contributed by atoms with van der Waals surface area (Å²) in [7, 11) is 1.95. The molecule has 0 aliphatic carbocycles. The quantitative estimate of drug-likeness (QED) is 0.840. The van der Waals surface area contributed by atoms with Crippen molar-refractivity contribution in [2.75, 3.05) is 25.1 Å². The van der Waals surface area contributed by atoms with Crippen molar-refractivity contribution in [3.63, 3.8) is 0 Å². The number of aryl methyl sites for hydroxylation is 1. The van der Waals surface area contributed by atoms with Crippen LogP contribution in [0.3, 0.4) is 0 Å². The van der Waals surface area contributed by atoms with Gasteiger partial charge in [-0.1, -0.05) is 13.8 Å². The lowest BCUT2D eigenvalue weighted by atomic mass is 9.99. The lowest BCUT2D eigenvalue weighted by Gasteiger charge is -2.19. The van der Waals surface area contributed by atoms with E-state index in [9.17, 15) is 0 Å². The summed E-state index contributed by atoms with van der Waals surface area (Å²) < 4.78 is 13.4. The molecule has 1 aliphatic rings. The fraction of sp³-hybridized carbons (Fsp3) is 0.588. The third kappa shape index (κ3) is 4.03. The molecule has 2 aromatic heterocycles. The summed E-state index contributed by atoms with van der Waals surface area (Å²) in [6.07, 6.45) is 6.25. The van der Waals surface area contributed by atoms with Gasteiger partial charge in [0.15, 0.2) is 0 Å². The monoisotopic (exact) mass is 331 g/mol. The van der Waals surface area contributed by atoms with Crippen molar-refractivity contribution >= 4 is 5.82 Å². The van der Waals surface area contributed by atoms with Gasteiger partial charge in [-0.05, 0) is 18.4 Å².